The third-order valence-electron chi connectivity index (χ3n) is 0.730. The number of amides is 1. The van der Waals surface area contributed by atoms with Crippen LogP contribution in [0.15, 0.2) is 0 Å². The van der Waals surface area contributed by atoms with E-state index in [1.165, 1.54) is 6.92 Å². The molecule has 8 heavy (non-hydrogen) atoms. The lowest BCUT2D eigenvalue weighted by Gasteiger charge is -2.01. The second-order valence-corrected chi connectivity index (χ2v) is 1.57. The van der Waals surface area contributed by atoms with Crippen molar-refractivity contribution in [1.29, 1.82) is 0 Å². The summed E-state index contributed by atoms with van der Waals surface area (Å²) in [5, 5.41) is 11.0. The van der Waals surface area contributed by atoms with Crippen LogP contribution in [0.4, 0.5) is 0 Å². The fourth-order valence-corrected chi connectivity index (χ4v) is 0.322. The number of hydrogen-bond donors (Lipinski definition) is 2. The first-order valence-electron chi connectivity index (χ1n) is 2.64. The van der Waals surface area contributed by atoms with Gasteiger partial charge in [0.1, 0.15) is 6.10 Å². The molecule has 0 aromatic heterocycles. The smallest absolute Gasteiger partial charge is 0.248 e. The van der Waals surface area contributed by atoms with Gasteiger partial charge in [-0.15, -0.1) is 0 Å². The first kappa shape index (κ1) is 7.43. The number of nitrogens with one attached hydrogen (secondary N) is 1. The summed E-state index contributed by atoms with van der Waals surface area (Å²) >= 11 is 0. The van der Waals surface area contributed by atoms with Crippen molar-refractivity contribution in [3.8, 4) is 0 Å². The molecule has 3 heteroatoms. The van der Waals surface area contributed by atoms with Crippen LogP contribution in [-0.2, 0) is 4.79 Å². The van der Waals surface area contributed by atoms with Crippen molar-refractivity contribution >= 4 is 5.91 Å². The molecular formula is C5H11NO2. The summed E-state index contributed by atoms with van der Waals surface area (Å²) in [6.07, 6.45) is -0.880. The predicted octanol–water partition coefficient (Wildman–Crippen LogP) is -0.497. The van der Waals surface area contributed by atoms with Crippen molar-refractivity contribution in [1.82, 2.24) is 5.32 Å². The Bertz CT molecular complexity index is 80.5. The third kappa shape index (κ3) is 2.58. The lowest BCUT2D eigenvalue weighted by molar-refractivity contribution is -0.128. The molecule has 0 aliphatic carbocycles. The van der Waals surface area contributed by atoms with Gasteiger partial charge in [-0.25, -0.2) is 0 Å². The maximum absolute atomic E-state index is 10.4. The molecule has 48 valence electrons. The molecule has 1 amide bonds. The first-order valence-corrected chi connectivity index (χ1v) is 2.64. The lowest BCUT2D eigenvalue weighted by atomic mass is 10.4. The molecule has 2 N–H and O–H groups in total. The van der Waals surface area contributed by atoms with Gasteiger partial charge in [-0.3, -0.25) is 4.79 Å². The van der Waals surface area contributed by atoms with Crippen molar-refractivity contribution in [3.63, 3.8) is 0 Å². The average molecular weight is 117 g/mol. The summed E-state index contributed by atoms with van der Waals surface area (Å²) in [6.45, 7) is 3.81. The minimum absolute atomic E-state index is 0.312. The van der Waals surface area contributed by atoms with E-state index >= 15 is 0 Å². The summed E-state index contributed by atoms with van der Waals surface area (Å²) in [7, 11) is 0. The molecule has 0 rings (SSSR count). The highest BCUT2D eigenvalue weighted by atomic mass is 16.3. The largest absolute Gasteiger partial charge is 0.384 e. The molecule has 0 radical (unpaired) electrons. The van der Waals surface area contributed by atoms with Crippen molar-refractivity contribution in [2.24, 2.45) is 0 Å². The summed E-state index contributed by atoms with van der Waals surface area (Å²) in [5.41, 5.74) is 0. The lowest BCUT2D eigenvalue weighted by Crippen LogP contribution is -2.31. The maximum Gasteiger partial charge on any atom is 0.248 e. The van der Waals surface area contributed by atoms with Crippen LogP contribution in [0.1, 0.15) is 13.8 Å². The van der Waals surface area contributed by atoms with E-state index in [0.717, 1.165) is 0 Å². The highest BCUT2D eigenvalue weighted by molar-refractivity contribution is 5.79. The maximum atomic E-state index is 10.4. The Labute approximate surface area is 48.7 Å². The molecule has 0 aliphatic rings. The molecule has 0 spiro atoms. The molecule has 0 heterocycles. The summed E-state index contributed by atoms with van der Waals surface area (Å²) in [5.74, 6) is -0.312. The molecule has 0 saturated carbocycles. The molecule has 0 aliphatic heterocycles. The van der Waals surface area contributed by atoms with Crippen LogP contribution in [0.25, 0.3) is 0 Å². The predicted molar refractivity (Wildman–Crippen MR) is 30.4 cm³/mol. The number of likely N-dealkylation sites (N-methyl/N-ethyl adjacent to an activating group) is 1. The van der Waals surface area contributed by atoms with Crippen molar-refractivity contribution in [2.75, 3.05) is 6.54 Å². The van der Waals surface area contributed by atoms with E-state index < -0.39 is 6.10 Å². The van der Waals surface area contributed by atoms with Gasteiger partial charge in [0.2, 0.25) is 5.91 Å². The summed E-state index contributed by atoms with van der Waals surface area (Å²) < 4.78 is 0. The second-order valence-electron chi connectivity index (χ2n) is 1.57. The van der Waals surface area contributed by atoms with Crippen molar-refractivity contribution < 1.29 is 9.90 Å². The Morgan fingerprint density at radius 1 is 1.88 bits per heavy atom. The number of carbonyl (C=O) groups excluding carboxylic acids is 1. The Morgan fingerprint density at radius 3 is 2.50 bits per heavy atom. The van der Waals surface area contributed by atoms with Gasteiger partial charge in [-0.1, -0.05) is 0 Å². The average Bonchev–Trinajstić information content (AvgIpc) is 1.67. The summed E-state index contributed by atoms with van der Waals surface area (Å²) in [4.78, 5) is 10.4. The molecule has 0 fully saturated rings. The SMILES string of the molecule is CCNC(=O)[C@@H](C)O. The standard InChI is InChI=1S/C5H11NO2/c1-3-6-5(8)4(2)7/h4,7H,3H2,1-2H3,(H,6,8)/t4-/m1/s1. The number of aliphatic hydroxyl groups is 1. The normalized spacial score (nSPS) is 12.9. The van der Waals surface area contributed by atoms with Crippen molar-refractivity contribution in [3.05, 3.63) is 0 Å². The number of aliphatic hydroxyl groups excluding tert-OH is 1. The van der Waals surface area contributed by atoms with Crippen LogP contribution < -0.4 is 5.32 Å². The molecule has 0 aromatic rings. The van der Waals surface area contributed by atoms with E-state index in [9.17, 15) is 4.79 Å². The Hall–Kier alpha value is -0.570. The molecule has 0 bridgehead atoms. The van der Waals surface area contributed by atoms with Gasteiger partial charge in [0.05, 0.1) is 0 Å². The topological polar surface area (TPSA) is 49.3 Å². The van der Waals surface area contributed by atoms with E-state index in [-0.39, 0.29) is 5.91 Å². The third-order valence-corrected chi connectivity index (χ3v) is 0.730. The first-order chi connectivity index (χ1) is 3.68. The second kappa shape index (κ2) is 3.43. The zero-order chi connectivity index (χ0) is 6.57. The van der Waals surface area contributed by atoms with Gasteiger partial charge < -0.3 is 10.4 Å². The van der Waals surface area contributed by atoms with Crippen LogP contribution in [0.5, 0.6) is 0 Å². The molecule has 1 atom stereocenters. The molecule has 3 nitrogen and oxygen atoms in total. The number of carbonyl (C=O) groups is 1. The van der Waals surface area contributed by atoms with Gasteiger partial charge in [-0.2, -0.15) is 0 Å². The zero-order valence-corrected chi connectivity index (χ0v) is 5.14. The van der Waals surface area contributed by atoms with E-state index in [1.54, 1.807) is 6.92 Å². The monoisotopic (exact) mass is 117 g/mol. The van der Waals surface area contributed by atoms with E-state index in [1.807, 2.05) is 0 Å². The fraction of sp³-hybridized carbons (Fsp3) is 0.800. The van der Waals surface area contributed by atoms with Gasteiger partial charge in [-0.05, 0) is 13.8 Å². The Kier molecular flexibility index (Phi) is 3.19. The van der Waals surface area contributed by atoms with E-state index in [4.69, 9.17) is 5.11 Å². The van der Waals surface area contributed by atoms with Crippen LogP contribution in [0.2, 0.25) is 0 Å². The number of hydrogen-bond acceptors (Lipinski definition) is 2. The highest BCUT2D eigenvalue weighted by Crippen LogP contribution is 1.76. The van der Waals surface area contributed by atoms with Crippen LogP contribution in [0.3, 0.4) is 0 Å². The highest BCUT2D eigenvalue weighted by Gasteiger charge is 2.04. The van der Waals surface area contributed by atoms with Gasteiger partial charge in [0, 0.05) is 6.54 Å². The molecule has 0 saturated heterocycles. The quantitative estimate of drug-likeness (QED) is 0.512. The Morgan fingerprint density at radius 2 is 2.38 bits per heavy atom. The van der Waals surface area contributed by atoms with Gasteiger partial charge >= 0.3 is 0 Å². The summed E-state index contributed by atoms with van der Waals surface area (Å²) in [6, 6.07) is 0. The molecule has 0 aromatic carbocycles. The van der Waals surface area contributed by atoms with Crippen molar-refractivity contribution in [2.45, 2.75) is 20.0 Å². The van der Waals surface area contributed by atoms with E-state index in [0.29, 0.717) is 6.54 Å². The zero-order valence-electron chi connectivity index (χ0n) is 5.14. The molecule has 0 unspecified atom stereocenters. The van der Waals surface area contributed by atoms with E-state index in [2.05, 4.69) is 5.32 Å². The fourth-order valence-electron chi connectivity index (χ4n) is 0.322. The van der Waals surface area contributed by atoms with Gasteiger partial charge in [0.15, 0.2) is 0 Å². The van der Waals surface area contributed by atoms with Crippen LogP contribution >= 0.6 is 0 Å². The van der Waals surface area contributed by atoms with Crippen LogP contribution in [0, 0.1) is 0 Å². The minimum atomic E-state index is -0.880. The molecular weight excluding hydrogens is 106 g/mol. The van der Waals surface area contributed by atoms with Crippen LogP contribution in [-0.4, -0.2) is 23.7 Å². The van der Waals surface area contributed by atoms with Gasteiger partial charge in [0.25, 0.3) is 0 Å². The Balaban J connectivity index is 3.33. The number of rotatable bonds is 2. The minimum Gasteiger partial charge on any atom is -0.384 e.